The van der Waals surface area contributed by atoms with Gasteiger partial charge in [-0.05, 0) is 36.8 Å². The summed E-state index contributed by atoms with van der Waals surface area (Å²) in [6.07, 6.45) is 10.5. The molecule has 0 saturated carbocycles. The van der Waals surface area contributed by atoms with E-state index >= 15 is 0 Å². The van der Waals surface area contributed by atoms with Crippen molar-refractivity contribution < 1.29 is 9.53 Å². The van der Waals surface area contributed by atoms with Crippen molar-refractivity contribution in [3.8, 4) is 18.2 Å². The second-order valence-electron chi connectivity index (χ2n) is 5.74. The van der Waals surface area contributed by atoms with Gasteiger partial charge in [-0.15, -0.1) is 6.42 Å². The smallest absolute Gasteiger partial charge is 0.233 e. The number of terminal acetylenes is 1. The summed E-state index contributed by atoms with van der Waals surface area (Å²) in [6.45, 7) is 2.71. The zero-order chi connectivity index (χ0) is 20.9. The van der Waals surface area contributed by atoms with Crippen LogP contribution in [0.5, 0.6) is 5.88 Å². The summed E-state index contributed by atoms with van der Waals surface area (Å²) >= 11 is 0. The first-order valence-corrected chi connectivity index (χ1v) is 8.70. The Morgan fingerprint density at radius 3 is 2.76 bits per heavy atom. The van der Waals surface area contributed by atoms with E-state index in [0.29, 0.717) is 24.7 Å². The van der Waals surface area contributed by atoms with Crippen LogP contribution in [0.15, 0.2) is 55.0 Å². The van der Waals surface area contributed by atoms with Gasteiger partial charge in [-0.2, -0.15) is 0 Å². The second kappa shape index (κ2) is 11.6. The van der Waals surface area contributed by atoms with Crippen molar-refractivity contribution in [1.29, 1.82) is 0 Å². The number of nitrogen functional groups attached to an aromatic ring is 1. The van der Waals surface area contributed by atoms with E-state index in [1.807, 2.05) is 43.3 Å². The molecule has 0 atom stereocenters. The van der Waals surface area contributed by atoms with Crippen LogP contribution < -0.4 is 21.1 Å². The number of aryl methyl sites for hydroxylation is 1. The standard InChI is InChI=1S/C13H14N4O.C8H8N2O/c14-13-12(5-2-6-15-13)16-8-10-3-1-4-11(7-10)17-9-18;1-3-4-11-8-6-9-7(2)5-10-8/h1-7,9,16H,8H2,(H2,14,15)(H,17,18);1,5-6H,4H2,2H3. The highest BCUT2D eigenvalue weighted by Crippen LogP contribution is 2.16. The minimum atomic E-state index is 0.234. The van der Waals surface area contributed by atoms with Crippen LogP contribution >= 0.6 is 0 Å². The van der Waals surface area contributed by atoms with Gasteiger partial charge in [-0.3, -0.25) is 9.78 Å². The molecule has 0 aliphatic carbocycles. The van der Waals surface area contributed by atoms with Crippen molar-refractivity contribution in [2.24, 2.45) is 0 Å². The number of carbonyl (C=O) groups excluding carboxylic acids is 1. The summed E-state index contributed by atoms with van der Waals surface area (Å²) in [7, 11) is 0. The Labute approximate surface area is 169 Å². The fourth-order valence-electron chi connectivity index (χ4n) is 2.17. The molecule has 1 amide bonds. The quantitative estimate of drug-likeness (QED) is 0.420. The molecule has 29 heavy (non-hydrogen) atoms. The number of nitrogens with one attached hydrogen (secondary N) is 2. The molecule has 0 unspecified atom stereocenters. The third-order valence-corrected chi connectivity index (χ3v) is 3.53. The van der Waals surface area contributed by atoms with E-state index in [1.54, 1.807) is 18.6 Å². The second-order valence-corrected chi connectivity index (χ2v) is 5.74. The fraction of sp³-hybridized carbons (Fsp3) is 0.143. The first-order chi connectivity index (χ1) is 14.1. The maximum Gasteiger partial charge on any atom is 0.233 e. The molecular weight excluding hydrogens is 368 g/mol. The Hall–Kier alpha value is -4.12. The largest absolute Gasteiger partial charge is 0.463 e. The highest BCUT2D eigenvalue weighted by atomic mass is 16.5. The summed E-state index contributed by atoms with van der Waals surface area (Å²) in [5.74, 6) is 3.28. The number of benzene rings is 1. The molecule has 0 spiro atoms. The van der Waals surface area contributed by atoms with Gasteiger partial charge in [0.1, 0.15) is 5.82 Å². The Bertz CT molecular complexity index is 954. The average Bonchev–Trinajstić information content (AvgIpc) is 2.74. The molecule has 2 aromatic heterocycles. The molecule has 3 aromatic rings. The van der Waals surface area contributed by atoms with Crippen LogP contribution in [0, 0.1) is 19.3 Å². The van der Waals surface area contributed by atoms with Gasteiger partial charge >= 0.3 is 0 Å². The summed E-state index contributed by atoms with van der Waals surface area (Å²) < 4.78 is 5.00. The fourth-order valence-corrected chi connectivity index (χ4v) is 2.17. The molecule has 0 fully saturated rings. The van der Waals surface area contributed by atoms with Gasteiger partial charge < -0.3 is 21.1 Å². The van der Waals surface area contributed by atoms with E-state index in [9.17, 15) is 4.79 Å². The van der Waals surface area contributed by atoms with Crippen LogP contribution in [-0.2, 0) is 11.3 Å². The van der Waals surface area contributed by atoms with Crippen molar-refractivity contribution in [1.82, 2.24) is 15.0 Å². The summed E-state index contributed by atoms with van der Waals surface area (Å²) in [4.78, 5) is 22.3. The topological polar surface area (TPSA) is 115 Å². The normalized spacial score (nSPS) is 9.38. The number of nitrogens with two attached hydrogens (primary N) is 1. The molecule has 1 aromatic carbocycles. The number of hydrogen-bond acceptors (Lipinski definition) is 7. The lowest BCUT2D eigenvalue weighted by atomic mass is 10.2. The molecule has 0 aliphatic rings. The Morgan fingerprint density at radius 1 is 1.21 bits per heavy atom. The van der Waals surface area contributed by atoms with Crippen LogP contribution in [-0.4, -0.2) is 28.0 Å². The van der Waals surface area contributed by atoms with Gasteiger partial charge in [-0.25, -0.2) is 9.97 Å². The van der Waals surface area contributed by atoms with Crippen molar-refractivity contribution in [2.45, 2.75) is 13.5 Å². The minimum absolute atomic E-state index is 0.234. The zero-order valence-electron chi connectivity index (χ0n) is 16.0. The minimum Gasteiger partial charge on any atom is -0.463 e. The zero-order valence-corrected chi connectivity index (χ0v) is 16.0. The Morgan fingerprint density at radius 2 is 2.07 bits per heavy atom. The Kier molecular flexibility index (Phi) is 8.45. The molecule has 0 saturated heterocycles. The maximum absolute atomic E-state index is 10.4. The van der Waals surface area contributed by atoms with Crippen LogP contribution in [0.1, 0.15) is 11.3 Å². The number of hydrogen-bond donors (Lipinski definition) is 3. The molecule has 0 radical (unpaired) electrons. The SMILES string of the molecule is C#CCOc1cnc(C)cn1.Nc1ncccc1NCc1cccc(NC=O)c1. The number of pyridine rings is 1. The predicted molar refractivity (Wildman–Crippen MR) is 113 cm³/mol. The number of carbonyl (C=O) groups is 1. The number of nitrogens with zero attached hydrogens (tertiary/aromatic N) is 3. The number of anilines is 3. The number of rotatable bonds is 7. The molecule has 0 aliphatic heterocycles. The summed E-state index contributed by atoms with van der Waals surface area (Å²) in [6, 6.07) is 11.3. The lowest BCUT2D eigenvalue weighted by Gasteiger charge is -2.09. The lowest BCUT2D eigenvalue weighted by Crippen LogP contribution is -2.04. The van der Waals surface area contributed by atoms with E-state index in [2.05, 4.69) is 31.5 Å². The molecule has 8 heteroatoms. The van der Waals surface area contributed by atoms with Gasteiger partial charge in [0.2, 0.25) is 12.3 Å². The lowest BCUT2D eigenvalue weighted by molar-refractivity contribution is -0.105. The number of amides is 1. The van der Waals surface area contributed by atoms with Crippen LogP contribution in [0.25, 0.3) is 0 Å². The molecular formula is C21H22N6O2. The number of ether oxygens (including phenoxy) is 1. The van der Waals surface area contributed by atoms with Gasteiger partial charge in [0.25, 0.3) is 0 Å². The summed E-state index contributed by atoms with van der Waals surface area (Å²) in [5, 5.41) is 5.81. The summed E-state index contributed by atoms with van der Waals surface area (Å²) in [5.41, 5.74) is 9.20. The van der Waals surface area contributed by atoms with Crippen LogP contribution in [0.4, 0.5) is 17.2 Å². The average molecular weight is 390 g/mol. The first-order valence-electron chi connectivity index (χ1n) is 8.70. The van der Waals surface area contributed by atoms with Crippen molar-refractivity contribution in [2.75, 3.05) is 23.0 Å². The van der Waals surface area contributed by atoms with Gasteiger partial charge in [0.15, 0.2) is 6.61 Å². The third-order valence-electron chi connectivity index (χ3n) is 3.53. The first kappa shape index (κ1) is 21.2. The number of aromatic nitrogens is 3. The third kappa shape index (κ3) is 7.56. The van der Waals surface area contributed by atoms with Crippen LogP contribution in [0.2, 0.25) is 0 Å². The predicted octanol–water partition coefficient (Wildman–Crippen LogP) is 2.64. The van der Waals surface area contributed by atoms with E-state index in [4.69, 9.17) is 16.9 Å². The van der Waals surface area contributed by atoms with E-state index in [0.717, 1.165) is 22.6 Å². The van der Waals surface area contributed by atoms with E-state index < -0.39 is 0 Å². The Balaban J connectivity index is 0.000000234. The van der Waals surface area contributed by atoms with Gasteiger partial charge in [-0.1, -0.05) is 18.1 Å². The van der Waals surface area contributed by atoms with Crippen molar-refractivity contribution in [3.63, 3.8) is 0 Å². The monoisotopic (exact) mass is 390 g/mol. The highest BCUT2D eigenvalue weighted by Gasteiger charge is 1.99. The molecule has 8 nitrogen and oxygen atoms in total. The molecule has 3 rings (SSSR count). The van der Waals surface area contributed by atoms with Gasteiger partial charge in [0.05, 0.1) is 23.8 Å². The van der Waals surface area contributed by atoms with Crippen LogP contribution in [0.3, 0.4) is 0 Å². The molecule has 4 N–H and O–H groups in total. The molecule has 0 bridgehead atoms. The molecule has 148 valence electrons. The van der Waals surface area contributed by atoms with Crippen molar-refractivity contribution in [3.05, 3.63) is 66.2 Å². The van der Waals surface area contributed by atoms with E-state index in [1.165, 1.54) is 0 Å². The van der Waals surface area contributed by atoms with Gasteiger partial charge in [0, 0.05) is 18.4 Å². The maximum atomic E-state index is 10.4. The van der Waals surface area contributed by atoms with E-state index in [-0.39, 0.29) is 6.61 Å². The van der Waals surface area contributed by atoms with Crippen molar-refractivity contribution >= 4 is 23.6 Å². The molecule has 2 heterocycles. The highest BCUT2D eigenvalue weighted by molar-refractivity contribution is 5.71.